The van der Waals surface area contributed by atoms with E-state index in [9.17, 15) is 0 Å². The monoisotopic (exact) mass is 436 g/mol. The molecule has 0 aromatic heterocycles. The highest BCUT2D eigenvalue weighted by Gasteiger charge is 2.23. The normalized spacial score (nSPS) is 19.1. The first kappa shape index (κ1) is 21.7. The van der Waals surface area contributed by atoms with Gasteiger partial charge in [-0.3, -0.25) is 0 Å². The Labute approximate surface area is 188 Å². The largest absolute Gasteiger partial charge is 0.401 e. The molecule has 0 radical (unpaired) electrons. The lowest BCUT2D eigenvalue weighted by atomic mass is 9.95. The summed E-state index contributed by atoms with van der Waals surface area (Å²) >= 11 is 0. The van der Waals surface area contributed by atoms with Crippen LogP contribution in [-0.2, 0) is 0 Å². The molecule has 4 heteroatoms. The lowest BCUT2D eigenvalue weighted by Gasteiger charge is -2.38. The van der Waals surface area contributed by atoms with E-state index in [2.05, 4.69) is 69.8 Å². The van der Waals surface area contributed by atoms with E-state index in [1.54, 1.807) is 0 Å². The summed E-state index contributed by atoms with van der Waals surface area (Å²) in [6, 6.07) is 27.3. The van der Waals surface area contributed by atoms with Crippen LogP contribution in [0.3, 0.4) is 0 Å². The number of anilines is 2. The van der Waals surface area contributed by atoms with Crippen LogP contribution in [0.2, 0.25) is 12.1 Å². The molecule has 0 spiro atoms. The van der Waals surface area contributed by atoms with Gasteiger partial charge in [0.15, 0.2) is 0 Å². The molecule has 0 atom stereocenters. The van der Waals surface area contributed by atoms with Crippen molar-refractivity contribution in [1.82, 2.24) is 0 Å². The van der Waals surface area contributed by atoms with Gasteiger partial charge in [0.25, 0.3) is 0 Å². The third-order valence-corrected chi connectivity index (χ3v) is 12.6. The van der Waals surface area contributed by atoms with Crippen molar-refractivity contribution in [3.63, 3.8) is 0 Å². The fourth-order valence-electron chi connectivity index (χ4n) is 5.63. The highest BCUT2D eigenvalue weighted by Crippen LogP contribution is 2.29. The van der Waals surface area contributed by atoms with E-state index in [0.717, 1.165) is 12.1 Å². The van der Waals surface area contributed by atoms with Gasteiger partial charge in [-0.1, -0.05) is 74.9 Å². The van der Waals surface area contributed by atoms with Crippen molar-refractivity contribution in [3.05, 3.63) is 60.7 Å². The minimum Gasteiger partial charge on any atom is -0.401 e. The van der Waals surface area contributed by atoms with E-state index in [1.165, 1.54) is 87.7 Å². The maximum Gasteiger partial charge on any atom is 0.124 e. The van der Waals surface area contributed by atoms with Crippen LogP contribution in [0, 0.1) is 0 Å². The van der Waals surface area contributed by atoms with Gasteiger partial charge in [0.05, 0.1) is 0 Å². The van der Waals surface area contributed by atoms with Crippen LogP contribution in [0.1, 0.15) is 64.2 Å². The number of nitrogens with zero attached hydrogens (tertiary/aromatic N) is 2. The summed E-state index contributed by atoms with van der Waals surface area (Å²) in [5.41, 5.74) is 3.01. The molecule has 0 amide bonds. The number of hydrogen-bond acceptors (Lipinski definition) is 2. The summed E-state index contributed by atoms with van der Waals surface area (Å²) < 4.78 is 5.78. The molecule has 4 rings (SSSR count). The minimum absolute atomic E-state index is 0.228. The van der Waals surface area contributed by atoms with Gasteiger partial charge < -0.3 is 9.13 Å². The lowest BCUT2D eigenvalue weighted by molar-refractivity contribution is 0.442. The van der Waals surface area contributed by atoms with Crippen LogP contribution in [0.25, 0.3) is 0 Å². The van der Waals surface area contributed by atoms with Crippen LogP contribution in [0.4, 0.5) is 11.4 Å². The van der Waals surface area contributed by atoms with Crippen LogP contribution >= 0.6 is 0 Å². The Morgan fingerprint density at radius 1 is 0.533 bits per heavy atom. The Morgan fingerprint density at radius 3 is 1.27 bits per heavy atom. The van der Waals surface area contributed by atoms with E-state index in [-0.39, 0.29) is 19.4 Å². The van der Waals surface area contributed by atoms with Crippen LogP contribution in [-0.4, -0.2) is 31.4 Å². The molecule has 2 aromatic rings. The maximum atomic E-state index is 2.89. The van der Waals surface area contributed by atoms with Gasteiger partial charge in [-0.05, 0) is 62.0 Å². The minimum atomic E-state index is -0.228. The molecule has 0 bridgehead atoms. The fourth-order valence-corrected chi connectivity index (χ4v) is 10.5. The van der Waals surface area contributed by atoms with Crippen molar-refractivity contribution >= 4 is 30.7 Å². The van der Waals surface area contributed by atoms with E-state index in [0.29, 0.717) is 0 Å². The van der Waals surface area contributed by atoms with Crippen molar-refractivity contribution in [2.75, 3.05) is 9.13 Å². The van der Waals surface area contributed by atoms with Crippen molar-refractivity contribution in [3.8, 4) is 0 Å². The number of rotatable bonds is 9. The van der Waals surface area contributed by atoms with Gasteiger partial charge in [0.1, 0.15) is 19.4 Å². The fraction of sp³-hybridized carbons (Fsp3) is 0.538. The van der Waals surface area contributed by atoms with Gasteiger partial charge in [-0.25, -0.2) is 0 Å². The number of para-hydroxylation sites is 2. The Morgan fingerprint density at radius 2 is 0.900 bits per heavy atom. The molecule has 2 fully saturated rings. The number of benzene rings is 2. The van der Waals surface area contributed by atoms with E-state index >= 15 is 0 Å². The van der Waals surface area contributed by atoms with Crippen molar-refractivity contribution < 1.29 is 0 Å². The van der Waals surface area contributed by atoms with E-state index < -0.39 is 0 Å². The summed E-state index contributed by atoms with van der Waals surface area (Å²) in [4.78, 5) is 0. The summed E-state index contributed by atoms with van der Waals surface area (Å²) in [6.45, 7) is 0. The Bertz CT molecular complexity index is 649. The van der Waals surface area contributed by atoms with Gasteiger partial charge in [0.2, 0.25) is 0 Å². The Balaban J connectivity index is 1.36. The molecule has 30 heavy (non-hydrogen) atoms. The summed E-state index contributed by atoms with van der Waals surface area (Å²) in [6.07, 6.45) is 14.3. The van der Waals surface area contributed by atoms with Gasteiger partial charge >= 0.3 is 0 Å². The molecule has 2 nitrogen and oxygen atoms in total. The summed E-state index contributed by atoms with van der Waals surface area (Å²) in [7, 11) is -0.455. The van der Waals surface area contributed by atoms with Crippen molar-refractivity contribution in [1.29, 1.82) is 0 Å². The third-order valence-electron chi connectivity index (χ3n) is 7.25. The van der Waals surface area contributed by atoms with Gasteiger partial charge in [-0.15, -0.1) is 0 Å². The van der Waals surface area contributed by atoms with E-state index in [1.807, 2.05) is 0 Å². The maximum absolute atomic E-state index is 2.89. The first-order valence-corrected chi connectivity index (χ1v) is 15.8. The topological polar surface area (TPSA) is 6.48 Å². The Hall–Kier alpha value is -1.53. The first-order valence-electron chi connectivity index (χ1n) is 12.6. The molecule has 0 heterocycles. The third kappa shape index (κ3) is 6.01. The SMILES string of the molecule is c1ccc(N([SiH2]CC[SiH2]N(c2ccccc2)C2CCCCC2)C2CCCCC2)cc1. The predicted octanol–water partition coefficient (Wildman–Crippen LogP) is 5.67. The molecular weight excluding hydrogens is 396 g/mol. The molecule has 2 aliphatic rings. The standard InChI is InChI=1S/C26H40N2Si2/c1-5-13-23(14-6-1)27(24-15-7-2-8-16-24)29-21-22-30-28(25-17-9-3-10-18-25)26-19-11-4-12-20-26/h1,3,5-6,9-10,13-14,17-18,24,26H,2,4,7-8,11-12,15-16,19-22,29-30H2. The lowest BCUT2D eigenvalue weighted by Crippen LogP contribution is -2.41. The molecule has 2 saturated carbocycles. The average molecular weight is 437 g/mol. The quantitative estimate of drug-likeness (QED) is 0.369. The average Bonchev–Trinajstić information content (AvgIpc) is 2.84. The zero-order chi connectivity index (χ0) is 20.4. The molecule has 2 aromatic carbocycles. The van der Waals surface area contributed by atoms with Crippen molar-refractivity contribution in [2.24, 2.45) is 0 Å². The zero-order valence-electron chi connectivity index (χ0n) is 18.7. The summed E-state index contributed by atoms with van der Waals surface area (Å²) in [5.74, 6) is 0. The number of hydrogen-bond donors (Lipinski definition) is 0. The molecule has 0 saturated heterocycles. The highest BCUT2D eigenvalue weighted by atomic mass is 28.2. The highest BCUT2D eigenvalue weighted by molar-refractivity contribution is 6.47. The Kier molecular flexibility index (Phi) is 8.50. The van der Waals surface area contributed by atoms with E-state index in [4.69, 9.17) is 0 Å². The van der Waals surface area contributed by atoms with Crippen LogP contribution < -0.4 is 9.13 Å². The predicted molar refractivity (Wildman–Crippen MR) is 138 cm³/mol. The van der Waals surface area contributed by atoms with Gasteiger partial charge in [-0.2, -0.15) is 0 Å². The van der Waals surface area contributed by atoms with Crippen LogP contribution in [0.5, 0.6) is 0 Å². The molecule has 162 valence electrons. The second-order valence-electron chi connectivity index (χ2n) is 9.35. The second-order valence-corrected chi connectivity index (χ2v) is 13.0. The van der Waals surface area contributed by atoms with Crippen LogP contribution in [0.15, 0.2) is 60.7 Å². The second kappa shape index (κ2) is 11.8. The smallest absolute Gasteiger partial charge is 0.124 e. The molecule has 0 N–H and O–H groups in total. The molecule has 2 aliphatic carbocycles. The molecular formula is C26H40N2Si2. The molecule has 0 unspecified atom stereocenters. The molecule has 0 aliphatic heterocycles. The first-order chi connectivity index (χ1) is 14.9. The van der Waals surface area contributed by atoms with Gasteiger partial charge in [0, 0.05) is 23.5 Å². The summed E-state index contributed by atoms with van der Waals surface area (Å²) in [5, 5.41) is 0. The zero-order valence-corrected chi connectivity index (χ0v) is 21.6. The van der Waals surface area contributed by atoms with Crippen molar-refractivity contribution in [2.45, 2.75) is 88.4 Å².